The van der Waals surface area contributed by atoms with Crippen molar-refractivity contribution in [1.29, 1.82) is 0 Å². The van der Waals surface area contributed by atoms with Crippen LogP contribution in [0.2, 0.25) is 0 Å². The van der Waals surface area contributed by atoms with Gasteiger partial charge >= 0.3 is 0 Å². The van der Waals surface area contributed by atoms with E-state index in [9.17, 15) is 13.2 Å². The van der Waals surface area contributed by atoms with Crippen molar-refractivity contribution >= 4 is 15.9 Å². The Bertz CT molecular complexity index is 555. The van der Waals surface area contributed by atoms with Crippen molar-refractivity contribution in [2.45, 2.75) is 31.1 Å². The first-order valence-corrected chi connectivity index (χ1v) is 8.48. The second-order valence-electron chi connectivity index (χ2n) is 5.06. The number of hydrogen-bond donors (Lipinski definition) is 3. The number of nitrogens with two attached hydrogens (primary N) is 2. The van der Waals surface area contributed by atoms with Crippen LogP contribution >= 0.6 is 0 Å². The molecule has 0 radical (unpaired) electrons. The lowest BCUT2D eigenvalue weighted by Crippen LogP contribution is -2.31. The normalized spacial score (nSPS) is 12.9. The van der Waals surface area contributed by atoms with E-state index in [1.165, 1.54) is 12.1 Å². The molecule has 0 heterocycles. The number of hydrogen-bond acceptors (Lipinski definition) is 4. The maximum Gasteiger partial charge on any atom is 0.238 e. The van der Waals surface area contributed by atoms with E-state index in [0.717, 1.165) is 18.4 Å². The lowest BCUT2D eigenvalue weighted by atomic mass is 10.0. The number of nitrogens with one attached hydrogen (secondary N) is 1. The summed E-state index contributed by atoms with van der Waals surface area (Å²) in [5.74, 6) is -0.0251. The molecule has 0 aliphatic rings. The van der Waals surface area contributed by atoms with Crippen LogP contribution in [0.15, 0.2) is 29.2 Å². The lowest BCUT2D eigenvalue weighted by molar-refractivity contribution is -0.124. The Morgan fingerprint density at radius 3 is 2.43 bits per heavy atom. The number of carbonyl (C=O) groups is 1. The molecule has 1 rings (SSSR count). The van der Waals surface area contributed by atoms with E-state index >= 15 is 0 Å². The van der Waals surface area contributed by atoms with E-state index < -0.39 is 10.0 Å². The van der Waals surface area contributed by atoms with Gasteiger partial charge in [0, 0.05) is 12.5 Å². The van der Waals surface area contributed by atoms with Crippen LogP contribution in [0.5, 0.6) is 0 Å². The molecule has 0 bridgehead atoms. The summed E-state index contributed by atoms with van der Waals surface area (Å²) >= 11 is 0. The van der Waals surface area contributed by atoms with Gasteiger partial charge in [-0.25, -0.2) is 13.6 Å². The Hall–Kier alpha value is -1.44. The van der Waals surface area contributed by atoms with Gasteiger partial charge in [-0.15, -0.1) is 0 Å². The van der Waals surface area contributed by atoms with E-state index in [1.807, 2.05) is 6.92 Å². The number of primary sulfonamides is 1. The summed E-state index contributed by atoms with van der Waals surface area (Å²) in [4.78, 5) is 11.9. The molecule has 0 saturated carbocycles. The fraction of sp³-hybridized carbons (Fsp3) is 0.500. The van der Waals surface area contributed by atoms with Crippen molar-refractivity contribution in [3.8, 4) is 0 Å². The van der Waals surface area contributed by atoms with E-state index in [0.29, 0.717) is 19.5 Å². The monoisotopic (exact) mass is 313 g/mol. The summed E-state index contributed by atoms with van der Waals surface area (Å²) in [5, 5.41) is 7.89. The minimum Gasteiger partial charge on any atom is -0.356 e. The van der Waals surface area contributed by atoms with Crippen molar-refractivity contribution in [2.24, 2.45) is 16.8 Å². The third-order valence-electron chi connectivity index (χ3n) is 3.25. The zero-order valence-electron chi connectivity index (χ0n) is 12.2. The van der Waals surface area contributed by atoms with Gasteiger partial charge in [-0.3, -0.25) is 4.79 Å². The second-order valence-corrected chi connectivity index (χ2v) is 6.62. The Balaban J connectivity index is 2.41. The fourth-order valence-electron chi connectivity index (χ4n) is 1.91. The summed E-state index contributed by atoms with van der Waals surface area (Å²) < 4.78 is 22.2. The Kier molecular flexibility index (Phi) is 6.80. The molecular formula is C14H23N3O3S. The van der Waals surface area contributed by atoms with E-state index in [-0.39, 0.29) is 16.7 Å². The molecule has 1 amide bonds. The first-order chi connectivity index (χ1) is 9.84. The van der Waals surface area contributed by atoms with Crippen molar-refractivity contribution in [2.75, 3.05) is 13.1 Å². The molecule has 1 unspecified atom stereocenters. The predicted octanol–water partition coefficient (Wildman–Crippen LogP) is 0.368. The van der Waals surface area contributed by atoms with Gasteiger partial charge in [0.15, 0.2) is 0 Å². The molecule has 1 aromatic rings. The van der Waals surface area contributed by atoms with Crippen LogP contribution in [0.4, 0.5) is 0 Å². The van der Waals surface area contributed by atoms with Crippen LogP contribution in [0.25, 0.3) is 0 Å². The maximum absolute atomic E-state index is 11.8. The van der Waals surface area contributed by atoms with Crippen molar-refractivity contribution in [3.05, 3.63) is 29.8 Å². The summed E-state index contributed by atoms with van der Waals surface area (Å²) in [6.07, 6.45) is 2.26. The van der Waals surface area contributed by atoms with E-state index in [4.69, 9.17) is 10.9 Å². The molecule has 7 heteroatoms. The quantitative estimate of drug-likeness (QED) is 0.643. The summed E-state index contributed by atoms with van der Waals surface area (Å²) in [7, 11) is -3.65. The average molecular weight is 313 g/mol. The minimum atomic E-state index is -3.65. The van der Waals surface area contributed by atoms with Crippen LogP contribution < -0.4 is 16.2 Å². The van der Waals surface area contributed by atoms with Gasteiger partial charge in [-0.05, 0) is 43.5 Å². The molecule has 5 N–H and O–H groups in total. The highest BCUT2D eigenvalue weighted by Crippen LogP contribution is 2.09. The molecule has 21 heavy (non-hydrogen) atoms. The molecule has 6 nitrogen and oxygen atoms in total. The first kappa shape index (κ1) is 17.6. The fourth-order valence-corrected chi connectivity index (χ4v) is 2.42. The lowest BCUT2D eigenvalue weighted by Gasteiger charge is -2.11. The maximum atomic E-state index is 11.8. The highest BCUT2D eigenvalue weighted by Gasteiger charge is 2.11. The van der Waals surface area contributed by atoms with Crippen molar-refractivity contribution in [1.82, 2.24) is 5.32 Å². The summed E-state index contributed by atoms with van der Waals surface area (Å²) in [5.41, 5.74) is 6.35. The third-order valence-corrected chi connectivity index (χ3v) is 4.18. The number of benzene rings is 1. The molecule has 0 fully saturated rings. The van der Waals surface area contributed by atoms with E-state index in [2.05, 4.69) is 5.32 Å². The van der Waals surface area contributed by atoms with Gasteiger partial charge in [0.1, 0.15) is 0 Å². The number of amides is 1. The standard InChI is InChI=1S/C14H23N3O3S/c1-11(3-2-9-15)14(18)17-10-8-12-4-6-13(7-5-12)21(16,19)20/h4-7,11H,2-3,8-10,15H2,1H3,(H,17,18)(H2,16,19,20). The van der Waals surface area contributed by atoms with Crippen LogP contribution in [0, 0.1) is 5.92 Å². The van der Waals surface area contributed by atoms with Crippen molar-refractivity contribution in [3.63, 3.8) is 0 Å². The predicted molar refractivity (Wildman–Crippen MR) is 82.0 cm³/mol. The Morgan fingerprint density at radius 1 is 1.29 bits per heavy atom. The SMILES string of the molecule is CC(CCCN)C(=O)NCCc1ccc(S(N)(=O)=O)cc1. The van der Waals surface area contributed by atoms with Gasteiger partial charge < -0.3 is 11.1 Å². The Morgan fingerprint density at radius 2 is 1.90 bits per heavy atom. The van der Waals surface area contributed by atoms with Crippen LogP contribution in [0.3, 0.4) is 0 Å². The molecule has 0 saturated heterocycles. The van der Waals surface area contributed by atoms with Crippen LogP contribution in [-0.2, 0) is 21.2 Å². The Labute approximate surface area is 126 Å². The largest absolute Gasteiger partial charge is 0.356 e. The van der Waals surface area contributed by atoms with Gasteiger partial charge in [0.2, 0.25) is 15.9 Å². The molecule has 1 atom stereocenters. The van der Waals surface area contributed by atoms with Crippen LogP contribution in [-0.4, -0.2) is 27.4 Å². The zero-order chi connectivity index (χ0) is 15.9. The number of rotatable bonds is 8. The molecule has 0 aliphatic heterocycles. The summed E-state index contributed by atoms with van der Waals surface area (Å²) in [6, 6.07) is 6.33. The highest BCUT2D eigenvalue weighted by molar-refractivity contribution is 7.89. The summed E-state index contributed by atoms with van der Waals surface area (Å²) in [6.45, 7) is 2.99. The molecule has 0 spiro atoms. The zero-order valence-corrected chi connectivity index (χ0v) is 13.0. The van der Waals surface area contributed by atoms with Crippen LogP contribution in [0.1, 0.15) is 25.3 Å². The highest BCUT2D eigenvalue weighted by atomic mass is 32.2. The van der Waals surface area contributed by atoms with Gasteiger partial charge in [-0.2, -0.15) is 0 Å². The van der Waals surface area contributed by atoms with Gasteiger partial charge in [-0.1, -0.05) is 19.1 Å². The third kappa shape index (κ3) is 6.24. The van der Waals surface area contributed by atoms with Gasteiger partial charge in [0.05, 0.1) is 4.90 Å². The van der Waals surface area contributed by atoms with Crippen molar-refractivity contribution < 1.29 is 13.2 Å². The van der Waals surface area contributed by atoms with E-state index in [1.54, 1.807) is 12.1 Å². The minimum absolute atomic E-state index is 0.0182. The molecule has 118 valence electrons. The molecule has 0 aromatic heterocycles. The first-order valence-electron chi connectivity index (χ1n) is 6.94. The smallest absolute Gasteiger partial charge is 0.238 e. The van der Waals surface area contributed by atoms with Gasteiger partial charge in [0.25, 0.3) is 0 Å². The average Bonchev–Trinajstić information content (AvgIpc) is 2.44. The molecular weight excluding hydrogens is 290 g/mol. The molecule has 0 aliphatic carbocycles. The topological polar surface area (TPSA) is 115 Å². The molecule has 1 aromatic carbocycles. The second kappa shape index (κ2) is 8.11. The number of carbonyl (C=O) groups excluding carboxylic acids is 1. The number of sulfonamides is 1.